The number of carbonyl (C=O) groups excluding carboxylic acids is 1. The normalized spacial score (nSPS) is 18.1. The third-order valence-electron chi connectivity index (χ3n) is 3.56. The molecule has 0 amide bonds. The van der Waals surface area contributed by atoms with Gasteiger partial charge in [-0.1, -0.05) is 0 Å². The summed E-state index contributed by atoms with van der Waals surface area (Å²) in [6.45, 7) is 3.03. The highest BCUT2D eigenvalue weighted by Crippen LogP contribution is 2.16. The van der Waals surface area contributed by atoms with E-state index in [0.717, 1.165) is 37.8 Å². The lowest BCUT2D eigenvalue weighted by molar-refractivity contribution is 0.100. The maximum atomic E-state index is 11.4. The summed E-state index contributed by atoms with van der Waals surface area (Å²) in [6, 6.07) is 7.21. The van der Waals surface area contributed by atoms with Gasteiger partial charge in [-0.25, -0.2) is 0 Å². The Labute approximate surface area is 126 Å². The first-order chi connectivity index (χ1) is 9.29. The van der Waals surface area contributed by atoms with Crippen LogP contribution in [0.1, 0.15) is 29.6 Å². The van der Waals surface area contributed by atoms with Crippen LogP contribution in [0, 0.1) is 5.92 Å². The Morgan fingerprint density at radius 2 is 2.10 bits per heavy atom. The fraction of sp³-hybridized carbons (Fsp3) is 0.533. The lowest BCUT2D eigenvalue weighted by Crippen LogP contribution is -2.30. The molecule has 1 aliphatic rings. The van der Waals surface area contributed by atoms with Gasteiger partial charge in [-0.15, -0.1) is 12.4 Å². The maximum absolute atomic E-state index is 11.4. The van der Waals surface area contributed by atoms with Crippen molar-refractivity contribution >= 4 is 18.2 Å². The molecule has 4 nitrogen and oxygen atoms in total. The fourth-order valence-electron chi connectivity index (χ4n) is 2.37. The smallest absolute Gasteiger partial charge is 0.176 e. The standard InChI is InChI=1S/C15H22N2O2.ClH/c16-10-15(18)13-3-5-14(6-4-13)19-9-7-12-2-1-8-17-11-12;/h3-6,12,17H,1-2,7-11,16H2;1H. The molecule has 5 heteroatoms. The average Bonchev–Trinajstić information content (AvgIpc) is 2.48. The molecule has 112 valence electrons. The first-order valence-electron chi connectivity index (χ1n) is 6.96. The molecule has 0 radical (unpaired) electrons. The second kappa shape index (κ2) is 8.95. The molecule has 0 spiro atoms. The van der Waals surface area contributed by atoms with Gasteiger partial charge in [0.25, 0.3) is 0 Å². The van der Waals surface area contributed by atoms with E-state index in [2.05, 4.69) is 5.32 Å². The zero-order valence-electron chi connectivity index (χ0n) is 11.6. The first kappa shape index (κ1) is 17.0. The molecule has 1 aromatic carbocycles. The van der Waals surface area contributed by atoms with Gasteiger partial charge in [0, 0.05) is 5.56 Å². The highest BCUT2D eigenvalue weighted by atomic mass is 35.5. The van der Waals surface area contributed by atoms with Crippen molar-refractivity contribution in [1.29, 1.82) is 0 Å². The molecule has 1 heterocycles. The third kappa shape index (κ3) is 5.12. The van der Waals surface area contributed by atoms with E-state index in [1.807, 2.05) is 12.1 Å². The van der Waals surface area contributed by atoms with Gasteiger partial charge in [0.05, 0.1) is 13.2 Å². The van der Waals surface area contributed by atoms with Gasteiger partial charge >= 0.3 is 0 Å². The summed E-state index contributed by atoms with van der Waals surface area (Å²) >= 11 is 0. The lowest BCUT2D eigenvalue weighted by atomic mass is 9.97. The highest BCUT2D eigenvalue weighted by Gasteiger charge is 2.12. The van der Waals surface area contributed by atoms with E-state index >= 15 is 0 Å². The average molecular weight is 299 g/mol. The molecule has 1 fully saturated rings. The minimum atomic E-state index is -0.0418. The van der Waals surface area contributed by atoms with Crippen LogP contribution in [0.5, 0.6) is 5.75 Å². The summed E-state index contributed by atoms with van der Waals surface area (Å²) < 4.78 is 5.71. The van der Waals surface area contributed by atoms with Crippen LogP contribution in [-0.4, -0.2) is 32.0 Å². The van der Waals surface area contributed by atoms with Crippen molar-refractivity contribution < 1.29 is 9.53 Å². The Bertz CT molecular complexity index is 403. The predicted octanol–water partition coefficient (Wildman–Crippen LogP) is 2.02. The molecular formula is C15H23ClN2O2. The number of nitrogens with one attached hydrogen (secondary N) is 1. The van der Waals surface area contributed by atoms with Crippen molar-refractivity contribution in [3.8, 4) is 5.75 Å². The summed E-state index contributed by atoms with van der Waals surface area (Å²) in [5, 5.41) is 3.40. The Morgan fingerprint density at radius 3 is 2.70 bits per heavy atom. The molecule has 0 aliphatic carbocycles. The second-order valence-electron chi connectivity index (χ2n) is 5.00. The highest BCUT2D eigenvalue weighted by molar-refractivity contribution is 5.97. The van der Waals surface area contributed by atoms with Gasteiger partial charge in [-0.3, -0.25) is 4.79 Å². The molecule has 1 saturated heterocycles. The lowest BCUT2D eigenvalue weighted by Gasteiger charge is -2.22. The molecule has 1 unspecified atom stereocenters. The molecule has 1 aromatic rings. The van der Waals surface area contributed by atoms with E-state index in [1.54, 1.807) is 12.1 Å². The van der Waals surface area contributed by atoms with Crippen molar-refractivity contribution in [1.82, 2.24) is 5.32 Å². The van der Waals surface area contributed by atoms with E-state index in [4.69, 9.17) is 10.5 Å². The minimum Gasteiger partial charge on any atom is -0.494 e. The van der Waals surface area contributed by atoms with Gasteiger partial charge < -0.3 is 15.8 Å². The van der Waals surface area contributed by atoms with Crippen molar-refractivity contribution in [3.05, 3.63) is 29.8 Å². The molecule has 2 rings (SSSR count). The topological polar surface area (TPSA) is 64.4 Å². The fourth-order valence-corrected chi connectivity index (χ4v) is 2.37. The minimum absolute atomic E-state index is 0. The number of carbonyl (C=O) groups is 1. The summed E-state index contributed by atoms with van der Waals surface area (Å²) in [7, 11) is 0. The second-order valence-corrected chi connectivity index (χ2v) is 5.00. The zero-order chi connectivity index (χ0) is 13.5. The van der Waals surface area contributed by atoms with Crippen LogP contribution in [-0.2, 0) is 0 Å². The van der Waals surface area contributed by atoms with Crippen LogP contribution >= 0.6 is 12.4 Å². The molecule has 0 aromatic heterocycles. The van der Waals surface area contributed by atoms with E-state index in [0.29, 0.717) is 5.56 Å². The first-order valence-corrected chi connectivity index (χ1v) is 6.96. The van der Waals surface area contributed by atoms with E-state index in [1.165, 1.54) is 12.8 Å². The number of rotatable bonds is 6. The molecule has 1 atom stereocenters. The number of piperidine rings is 1. The van der Waals surface area contributed by atoms with Crippen LogP contribution in [0.25, 0.3) is 0 Å². The van der Waals surface area contributed by atoms with Crippen molar-refractivity contribution in [2.45, 2.75) is 19.3 Å². The monoisotopic (exact) mass is 298 g/mol. The number of hydrogen-bond acceptors (Lipinski definition) is 4. The summed E-state index contributed by atoms with van der Waals surface area (Å²) in [5.41, 5.74) is 5.96. The summed E-state index contributed by atoms with van der Waals surface area (Å²) in [4.78, 5) is 11.4. The predicted molar refractivity (Wildman–Crippen MR) is 82.8 cm³/mol. The van der Waals surface area contributed by atoms with Crippen LogP contribution in [0.15, 0.2) is 24.3 Å². The maximum Gasteiger partial charge on any atom is 0.176 e. The zero-order valence-corrected chi connectivity index (χ0v) is 12.5. The number of ether oxygens (including phenoxy) is 1. The summed E-state index contributed by atoms with van der Waals surface area (Å²) in [6.07, 6.45) is 3.64. The van der Waals surface area contributed by atoms with Gasteiger partial charge in [-0.05, 0) is 62.5 Å². The van der Waals surface area contributed by atoms with Crippen LogP contribution in [0.4, 0.5) is 0 Å². The third-order valence-corrected chi connectivity index (χ3v) is 3.56. The number of hydrogen-bond donors (Lipinski definition) is 2. The Balaban J connectivity index is 0.00000200. The number of Topliss-reactive ketones (excluding diaryl/α,β-unsaturated/α-hetero) is 1. The molecular weight excluding hydrogens is 276 g/mol. The molecule has 3 N–H and O–H groups in total. The van der Waals surface area contributed by atoms with Gasteiger partial charge in [0.15, 0.2) is 5.78 Å². The Kier molecular flexibility index (Phi) is 7.59. The number of halogens is 1. The molecule has 0 bridgehead atoms. The van der Waals surface area contributed by atoms with E-state index < -0.39 is 0 Å². The van der Waals surface area contributed by atoms with Crippen LogP contribution < -0.4 is 15.8 Å². The van der Waals surface area contributed by atoms with E-state index in [9.17, 15) is 4.79 Å². The van der Waals surface area contributed by atoms with Crippen LogP contribution in [0.3, 0.4) is 0 Å². The number of nitrogens with two attached hydrogens (primary N) is 1. The van der Waals surface area contributed by atoms with E-state index in [-0.39, 0.29) is 24.7 Å². The van der Waals surface area contributed by atoms with Crippen molar-refractivity contribution in [3.63, 3.8) is 0 Å². The van der Waals surface area contributed by atoms with Gasteiger partial charge in [0.2, 0.25) is 0 Å². The number of benzene rings is 1. The summed E-state index contributed by atoms with van der Waals surface area (Å²) in [5.74, 6) is 1.50. The molecule has 0 saturated carbocycles. The molecule has 20 heavy (non-hydrogen) atoms. The van der Waals surface area contributed by atoms with Crippen LogP contribution in [0.2, 0.25) is 0 Å². The van der Waals surface area contributed by atoms with Crippen molar-refractivity contribution in [2.24, 2.45) is 11.7 Å². The largest absolute Gasteiger partial charge is 0.494 e. The number of ketones is 1. The quantitative estimate of drug-likeness (QED) is 0.789. The van der Waals surface area contributed by atoms with Gasteiger partial charge in [0.1, 0.15) is 5.75 Å². The Morgan fingerprint density at radius 1 is 1.35 bits per heavy atom. The van der Waals surface area contributed by atoms with Crippen molar-refractivity contribution in [2.75, 3.05) is 26.2 Å². The Hall–Kier alpha value is -1.10. The van der Waals surface area contributed by atoms with Gasteiger partial charge in [-0.2, -0.15) is 0 Å². The molecule has 1 aliphatic heterocycles. The SMILES string of the molecule is Cl.NCC(=O)c1ccc(OCCC2CCCNC2)cc1.